The van der Waals surface area contributed by atoms with Crippen LogP contribution in [0.25, 0.3) is 21.9 Å². The van der Waals surface area contributed by atoms with E-state index >= 15 is 0 Å². The van der Waals surface area contributed by atoms with Crippen molar-refractivity contribution in [1.29, 1.82) is 0 Å². The number of hydrogen-bond acceptors (Lipinski definition) is 2. The smallest absolute Gasteiger partial charge is 0.504 e. The van der Waals surface area contributed by atoms with Gasteiger partial charge in [0, 0.05) is 0 Å². The molecule has 1 N–H and O–H groups in total. The molecule has 3 aromatic carbocycles. The lowest BCUT2D eigenvalue weighted by atomic mass is 10.0. The Morgan fingerprint density at radius 3 is 2.16 bits per heavy atom. The summed E-state index contributed by atoms with van der Waals surface area (Å²) < 4.78 is 5.02. The zero-order valence-corrected chi connectivity index (χ0v) is 10.4. The zero-order valence-electron chi connectivity index (χ0n) is 10.4. The van der Waals surface area contributed by atoms with Crippen molar-refractivity contribution in [2.45, 2.75) is 0 Å². The SMILES string of the molecule is OBOc1ccc(-c2ccc3ccccc3c2)cc1. The molecule has 0 bridgehead atoms. The molecule has 19 heavy (non-hydrogen) atoms. The van der Waals surface area contributed by atoms with Crippen LogP contribution in [-0.4, -0.2) is 12.7 Å². The third-order valence-corrected chi connectivity index (χ3v) is 3.17. The Balaban J connectivity index is 1.99. The fourth-order valence-corrected chi connectivity index (χ4v) is 2.19. The second-order valence-corrected chi connectivity index (χ2v) is 4.36. The largest absolute Gasteiger partial charge is 0.539 e. The Labute approximate surface area is 112 Å². The van der Waals surface area contributed by atoms with Crippen LogP contribution in [0, 0.1) is 0 Å². The summed E-state index contributed by atoms with van der Waals surface area (Å²) in [6.45, 7) is 0. The minimum Gasteiger partial charge on any atom is -0.539 e. The minimum absolute atomic E-state index is 0.296. The summed E-state index contributed by atoms with van der Waals surface area (Å²) in [6, 6.07) is 22.4. The van der Waals surface area contributed by atoms with Crippen LogP contribution in [0.2, 0.25) is 0 Å². The summed E-state index contributed by atoms with van der Waals surface area (Å²) in [5, 5.41) is 11.2. The molecule has 0 aliphatic carbocycles. The second kappa shape index (κ2) is 5.16. The van der Waals surface area contributed by atoms with Gasteiger partial charge in [0.1, 0.15) is 5.75 Å². The molecule has 0 aliphatic heterocycles. The molecule has 3 aromatic rings. The van der Waals surface area contributed by atoms with Crippen LogP contribution in [0.1, 0.15) is 0 Å². The van der Waals surface area contributed by atoms with Crippen molar-refractivity contribution >= 4 is 18.5 Å². The lowest BCUT2D eigenvalue weighted by Gasteiger charge is -2.06. The van der Waals surface area contributed by atoms with Crippen LogP contribution in [0.5, 0.6) is 5.75 Å². The maximum atomic E-state index is 8.70. The standard InChI is InChI=1S/C16H13BO2/c18-17-19-16-9-7-13(8-10-16)15-6-5-12-3-1-2-4-14(12)11-15/h1-11,17-18H. The molecule has 2 nitrogen and oxygen atoms in total. The van der Waals surface area contributed by atoms with E-state index in [0.717, 1.165) is 5.56 Å². The van der Waals surface area contributed by atoms with Crippen molar-refractivity contribution in [2.24, 2.45) is 0 Å². The molecule has 0 atom stereocenters. The predicted molar refractivity (Wildman–Crippen MR) is 79.4 cm³/mol. The Kier molecular flexibility index (Phi) is 3.21. The minimum atomic E-state index is -0.296. The van der Waals surface area contributed by atoms with Gasteiger partial charge in [0.15, 0.2) is 0 Å². The third-order valence-electron chi connectivity index (χ3n) is 3.17. The lowest BCUT2D eigenvalue weighted by Crippen LogP contribution is -1.99. The fourth-order valence-electron chi connectivity index (χ4n) is 2.19. The predicted octanol–water partition coefficient (Wildman–Crippen LogP) is 3.14. The summed E-state index contributed by atoms with van der Waals surface area (Å²) in [5.41, 5.74) is 2.31. The Morgan fingerprint density at radius 1 is 0.737 bits per heavy atom. The van der Waals surface area contributed by atoms with Gasteiger partial charge in [-0.1, -0.05) is 48.5 Å². The van der Waals surface area contributed by atoms with Crippen LogP contribution in [0.4, 0.5) is 0 Å². The summed E-state index contributed by atoms with van der Waals surface area (Å²) in [6.07, 6.45) is 0. The molecule has 0 unspecified atom stereocenters. The van der Waals surface area contributed by atoms with Crippen molar-refractivity contribution < 1.29 is 9.68 Å². The Bertz CT molecular complexity index is 692. The first-order valence-corrected chi connectivity index (χ1v) is 6.20. The van der Waals surface area contributed by atoms with E-state index in [1.165, 1.54) is 16.3 Å². The molecule has 0 spiro atoms. The highest BCUT2D eigenvalue weighted by Crippen LogP contribution is 2.25. The summed E-state index contributed by atoms with van der Waals surface area (Å²) in [7, 11) is -0.296. The average molecular weight is 248 g/mol. The third kappa shape index (κ3) is 2.46. The first-order valence-electron chi connectivity index (χ1n) is 6.20. The van der Waals surface area contributed by atoms with Gasteiger partial charge >= 0.3 is 7.69 Å². The molecule has 3 heteroatoms. The quantitative estimate of drug-likeness (QED) is 0.721. The van der Waals surface area contributed by atoms with Gasteiger partial charge in [0.25, 0.3) is 0 Å². The highest BCUT2D eigenvalue weighted by molar-refractivity contribution is 6.17. The highest BCUT2D eigenvalue weighted by atomic mass is 16.5. The van der Waals surface area contributed by atoms with Gasteiger partial charge in [-0.05, 0) is 40.1 Å². The van der Waals surface area contributed by atoms with Crippen LogP contribution >= 0.6 is 0 Å². The van der Waals surface area contributed by atoms with E-state index in [1.807, 2.05) is 36.4 Å². The van der Waals surface area contributed by atoms with Crippen LogP contribution in [-0.2, 0) is 0 Å². The molecule has 0 aromatic heterocycles. The number of rotatable bonds is 3. The maximum absolute atomic E-state index is 8.70. The number of hydrogen-bond donors (Lipinski definition) is 1. The molecule has 3 rings (SSSR count). The molecule has 92 valence electrons. The Hall–Kier alpha value is -2.26. The molecule has 0 saturated heterocycles. The summed E-state index contributed by atoms with van der Waals surface area (Å²) in [4.78, 5) is 0. The molecular formula is C16H13BO2. The summed E-state index contributed by atoms with van der Waals surface area (Å²) >= 11 is 0. The first-order chi connectivity index (χ1) is 9.36. The van der Waals surface area contributed by atoms with E-state index in [0.29, 0.717) is 5.75 Å². The normalized spacial score (nSPS) is 10.4. The number of benzene rings is 3. The lowest BCUT2D eigenvalue weighted by molar-refractivity contribution is 0.454. The molecular weight excluding hydrogens is 235 g/mol. The van der Waals surface area contributed by atoms with Crippen LogP contribution in [0.15, 0.2) is 66.7 Å². The summed E-state index contributed by atoms with van der Waals surface area (Å²) in [5.74, 6) is 0.673. The van der Waals surface area contributed by atoms with Crippen molar-refractivity contribution in [3.05, 3.63) is 66.7 Å². The van der Waals surface area contributed by atoms with Gasteiger partial charge in [0.05, 0.1) is 0 Å². The van der Waals surface area contributed by atoms with E-state index in [1.54, 1.807) is 0 Å². The van der Waals surface area contributed by atoms with Gasteiger partial charge in [-0.15, -0.1) is 0 Å². The van der Waals surface area contributed by atoms with Crippen molar-refractivity contribution in [2.75, 3.05) is 0 Å². The zero-order chi connectivity index (χ0) is 13.1. The first kappa shape index (κ1) is 11.8. The molecule has 0 aliphatic rings. The van der Waals surface area contributed by atoms with Crippen molar-refractivity contribution in [1.82, 2.24) is 0 Å². The molecule has 0 radical (unpaired) electrons. The molecule has 0 saturated carbocycles. The Morgan fingerprint density at radius 2 is 1.42 bits per heavy atom. The monoisotopic (exact) mass is 248 g/mol. The van der Waals surface area contributed by atoms with E-state index < -0.39 is 0 Å². The van der Waals surface area contributed by atoms with Crippen molar-refractivity contribution in [3.8, 4) is 16.9 Å². The average Bonchev–Trinajstić information content (AvgIpc) is 2.48. The van der Waals surface area contributed by atoms with E-state index in [4.69, 9.17) is 9.68 Å². The van der Waals surface area contributed by atoms with Crippen molar-refractivity contribution in [3.63, 3.8) is 0 Å². The van der Waals surface area contributed by atoms with Crippen LogP contribution in [0.3, 0.4) is 0 Å². The molecule has 0 amide bonds. The van der Waals surface area contributed by atoms with E-state index in [-0.39, 0.29) is 7.69 Å². The second-order valence-electron chi connectivity index (χ2n) is 4.36. The van der Waals surface area contributed by atoms with E-state index in [9.17, 15) is 0 Å². The van der Waals surface area contributed by atoms with Gasteiger partial charge in [0.2, 0.25) is 0 Å². The van der Waals surface area contributed by atoms with E-state index in [2.05, 4.69) is 30.3 Å². The maximum Gasteiger partial charge on any atom is 0.504 e. The van der Waals surface area contributed by atoms with Gasteiger partial charge in [-0.3, -0.25) is 0 Å². The fraction of sp³-hybridized carbons (Fsp3) is 0. The highest BCUT2D eigenvalue weighted by Gasteiger charge is 2.00. The van der Waals surface area contributed by atoms with Gasteiger partial charge < -0.3 is 9.68 Å². The molecule has 0 fully saturated rings. The number of fused-ring (bicyclic) bond motifs is 1. The van der Waals surface area contributed by atoms with Crippen LogP contribution < -0.4 is 4.65 Å². The van der Waals surface area contributed by atoms with Gasteiger partial charge in [-0.2, -0.15) is 0 Å². The van der Waals surface area contributed by atoms with Gasteiger partial charge in [-0.25, -0.2) is 0 Å². The molecule has 0 heterocycles. The topological polar surface area (TPSA) is 29.5 Å².